The average Bonchev–Trinajstić information content (AvgIpc) is 2.13. The predicted octanol–water partition coefficient (Wildman–Crippen LogP) is 1.98. The van der Waals surface area contributed by atoms with Crippen LogP contribution in [0.4, 0.5) is 0 Å². The van der Waals surface area contributed by atoms with E-state index in [1.807, 2.05) is 0 Å². The lowest BCUT2D eigenvalue weighted by atomic mass is 9.92. The van der Waals surface area contributed by atoms with E-state index in [9.17, 15) is 8.42 Å². The first-order valence-corrected chi connectivity index (χ1v) is 8.06. The molecule has 0 heterocycles. The Kier molecular flexibility index (Phi) is 4.41. The van der Waals surface area contributed by atoms with Crippen molar-refractivity contribution in [1.29, 1.82) is 0 Å². The summed E-state index contributed by atoms with van der Waals surface area (Å²) in [6, 6.07) is 0.382. The van der Waals surface area contributed by atoms with Crippen LogP contribution >= 0.6 is 0 Å². The van der Waals surface area contributed by atoms with E-state index in [1.54, 1.807) is 0 Å². The van der Waals surface area contributed by atoms with Crippen LogP contribution in [0, 0.1) is 5.41 Å². The van der Waals surface area contributed by atoms with Gasteiger partial charge < -0.3 is 5.32 Å². The lowest BCUT2D eigenvalue weighted by molar-refractivity contribution is 0.308. The smallest absolute Gasteiger partial charge is 0.150 e. The average molecular weight is 247 g/mol. The fourth-order valence-electron chi connectivity index (χ4n) is 2.17. The first-order chi connectivity index (χ1) is 7.18. The number of sulfone groups is 1. The Morgan fingerprint density at radius 2 is 1.88 bits per heavy atom. The number of hydrogen-bond donors (Lipinski definition) is 1. The summed E-state index contributed by atoms with van der Waals surface area (Å²) in [6.45, 7) is 7.53. The molecule has 3 nitrogen and oxygen atoms in total. The first-order valence-electron chi connectivity index (χ1n) is 6.11. The molecule has 0 spiro atoms. The van der Waals surface area contributed by atoms with Crippen LogP contribution in [-0.2, 0) is 9.84 Å². The van der Waals surface area contributed by atoms with Gasteiger partial charge in [-0.1, -0.05) is 27.2 Å². The molecule has 1 N–H and O–H groups in total. The second-order valence-electron chi connectivity index (χ2n) is 6.26. The van der Waals surface area contributed by atoms with Crippen molar-refractivity contribution in [2.24, 2.45) is 5.41 Å². The quantitative estimate of drug-likeness (QED) is 0.829. The van der Waals surface area contributed by atoms with Gasteiger partial charge in [-0.25, -0.2) is 8.42 Å². The largest absolute Gasteiger partial charge is 0.313 e. The van der Waals surface area contributed by atoms with E-state index in [2.05, 4.69) is 26.1 Å². The van der Waals surface area contributed by atoms with Gasteiger partial charge >= 0.3 is 0 Å². The third kappa shape index (κ3) is 4.83. The first kappa shape index (κ1) is 14.0. The maximum Gasteiger partial charge on any atom is 0.150 e. The fraction of sp³-hybridized carbons (Fsp3) is 1.00. The Labute approximate surface area is 99.9 Å². The molecule has 1 fully saturated rings. The van der Waals surface area contributed by atoms with Gasteiger partial charge in [0.15, 0.2) is 0 Å². The van der Waals surface area contributed by atoms with Crippen molar-refractivity contribution >= 4 is 9.84 Å². The van der Waals surface area contributed by atoms with Gasteiger partial charge in [0, 0.05) is 18.8 Å². The van der Waals surface area contributed by atoms with E-state index in [4.69, 9.17) is 0 Å². The fourth-order valence-corrected chi connectivity index (χ4v) is 3.35. The molecule has 0 aromatic rings. The van der Waals surface area contributed by atoms with Crippen molar-refractivity contribution in [1.82, 2.24) is 5.32 Å². The minimum Gasteiger partial charge on any atom is -0.313 e. The van der Waals surface area contributed by atoms with Gasteiger partial charge in [0.25, 0.3) is 0 Å². The van der Waals surface area contributed by atoms with Crippen molar-refractivity contribution in [3.63, 3.8) is 0 Å². The van der Waals surface area contributed by atoms with Gasteiger partial charge in [-0.3, -0.25) is 0 Å². The highest BCUT2D eigenvalue weighted by atomic mass is 32.2. The molecule has 0 aliphatic heterocycles. The summed E-state index contributed by atoms with van der Waals surface area (Å²) < 4.78 is 23.0. The molecule has 0 aromatic heterocycles. The molecular weight excluding hydrogens is 222 g/mol. The van der Waals surface area contributed by atoms with E-state index in [0.717, 1.165) is 32.2 Å². The molecule has 0 radical (unpaired) electrons. The molecule has 0 bridgehead atoms. The third-order valence-electron chi connectivity index (χ3n) is 3.15. The van der Waals surface area contributed by atoms with Crippen molar-refractivity contribution in [3.8, 4) is 0 Å². The second-order valence-corrected chi connectivity index (χ2v) is 8.58. The van der Waals surface area contributed by atoms with Crippen LogP contribution in [0.2, 0.25) is 0 Å². The lowest BCUT2D eigenvalue weighted by Crippen LogP contribution is -2.41. The van der Waals surface area contributed by atoms with Gasteiger partial charge in [-0.2, -0.15) is 0 Å². The van der Waals surface area contributed by atoms with Crippen LogP contribution in [0.3, 0.4) is 0 Å². The van der Waals surface area contributed by atoms with E-state index in [0.29, 0.717) is 6.04 Å². The summed E-state index contributed by atoms with van der Waals surface area (Å²) in [5.74, 6) is 0. The number of rotatable bonds is 3. The van der Waals surface area contributed by atoms with Crippen LogP contribution in [0.1, 0.15) is 46.5 Å². The monoisotopic (exact) mass is 247 g/mol. The minimum atomic E-state index is -2.85. The van der Waals surface area contributed by atoms with E-state index < -0.39 is 9.84 Å². The normalized spacial score (nSPS) is 28.0. The van der Waals surface area contributed by atoms with E-state index >= 15 is 0 Å². The topological polar surface area (TPSA) is 46.2 Å². The Hall–Kier alpha value is -0.0900. The van der Waals surface area contributed by atoms with Crippen LogP contribution < -0.4 is 5.32 Å². The lowest BCUT2D eigenvalue weighted by Gasteiger charge is -2.31. The highest BCUT2D eigenvalue weighted by Crippen LogP contribution is 2.24. The highest BCUT2D eigenvalue weighted by molar-refractivity contribution is 7.91. The van der Waals surface area contributed by atoms with Gasteiger partial charge in [-0.15, -0.1) is 0 Å². The zero-order chi connectivity index (χ0) is 12.4. The number of nitrogens with one attached hydrogen (secondary N) is 1. The van der Waals surface area contributed by atoms with Crippen molar-refractivity contribution in [2.75, 3.05) is 12.8 Å². The third-order valence-corrected chi connectivity index (χ3v) is 4.79. The summed E-state index contributed by atoms with van der Waals surface area (Å²) >= 11 is 0. The molecule has 1 saturated carbocycles. The molecule has 16 heavy (non-hydrogen) atoms. The summed E-state index contributed by atoms with van der Waals surface area (Å²) in [6.07, 6.45) is 5.13. The molecule has 2 atom stereocenters. The van der Waals surface area contributed by atoms with Gasteiger partial charge in [0.2, 0.25) is 0 Å². The SMILES string of the molecule is CC(C)(C)CNC1CCCC(S(C)(=O)=O)C1. The van der Waals surface area contributed by atoms with Crippen LogP contribution in [-0.4, -0.2) is 32.5 Å². The van der Waals surface area contributed by atoms with E-state index in [1.165, 1.54) is 6.26 Å². The maximum atomic E-state index is 11.5. The summed E-state index contributed by atoms with van der Waals surface area (Å²) in [5, 5.41) is 3.37. The Balaban J connectivity index is 2.46. The summed E-state index contributed by atoms with van der Waals surface area (Å²) in [5.41, 5.74) is 0.262. The highest BCUT2D eigenvalue weighted by Gasteiger charge is 2.29. The van der Waals surface area contributed by atoms with Gasteiger partial charge in [-0.05, 0) is 24.7 Å². The summed E-state index contributed by atoms with van der Waals surface area (Å²) in [4.78, 5) is 0. The Bertz CT molecular complexity index is 316. The summed E-state index contributed by atoms with van der Waals surface area (Å²) in [7, 11) is -2.85. The molecule has 96 valence electrons. The molecule has 4 heteroatoms. The van der Waals surface area contributed by atoms with E-state index in [-0.39, 0.29) is 10.7 Å². The standard InChI is InChI=1S/C12H25NO2S/c1-12(2,3)9-13-10-6-5-7-11(8-10)16(4,14)15/h10-11,13H,5-9H2,1-4H3. The molecule has 0 amide bonds. The zero-order valence-corrected chi connectivity index (χ0v) is 11.7. The van der Waals surface area contributed by atoms with Crippen molar-refractivity contribution in [3.05, 3.63) is 0 Å². The predicted molar refractivity (Wildman–Crippen MR) is 68.3 cm³/mol. The molecule has 1 rings (SSSR count). The second kappa shape index (κ2) is 5.05. The molecule has 2 unspecified atom stereocenters. The van der Waals surface area contributed by atoms with Crippen molar-refractivity contribution < 1.29 is 8.42 Å². The van der Waals surface area contributed by atoms with Gasteiger partial charge in [0.05, 0.1) is 5.25 Å². The molecule has 1 aliphatic rings. The zero-order valence-electron chi connectivity index (χ0n) is 10.9. The maximum absolute atomic E-state index is 11.5. The molecule has 0 saturated heterocycles. The van der Waals surface area contributed by atoms with Crippen molar-refractivity contribution in [2.45, 2.75) is 57.7 Å². The van der Waals surface area contributed by atoms with Gasteiger partial charge in [0.1, 0.15) is 9.84 Å². The molecule has 1 aliphatic carbocycles. The number of hydrogen-bond acceptors (Lipinski definition) is 3. The Morgan fingerprint density at radius 3 is 2.38 bits per heavy atom. The Morgan fingerprint density at radius 1 is 1.25 bits per heavy atom. The minimum absolute atomic E-state index is 0.126. The molecule has 0 aromatic carbocycles. The van der Waals surface area contributed by atoms with Crippen LogP contribution in [0.25, 0.3) is 0 Å². The molecular formula is C12H25NO2S. The van der Waals surface area contributed by atoms with Crippen LogP contribution in [0.5, 0.6) is 0 Å². The van der Waals surface area contributed by atoms with Crippen LogP contribution in [0.15, 0.2) is 0 Å².